The number of rotatable bonds is 3. The molecule has 0 saturated carbocycles. The van der Waals surface area contributed by atoms with Gasteiger partial charge in [0.1, 0.15) is 6.07 Å². The first-order valence-corrected chi connectivity index (χ1v) is 7.43. The minimum Gasteiger partial charge on any atom is -0.349 e. The molecule has 98 valence electrons. The van der Waals surface area contributed by atoms with Crippen molar-refractivity contribution in [3.8, 4) is 6.07 Å². The number of aryl methyl sites for hydroxylation is 1. The molecule has 20 heavy (non-hydrogen) atoms. The summed E-state index contributed by atoms with van der Waals surface area (Å²) in [6.45, 7) is 0. The summed E-state index contributed by atoms with van der Waals surface area (Å²) in [5, 5.41) is 10.4. The van der Waals surface area contributed by atoms with E-state index in [1.165, 1.54) is 10.5 Å². The van der Waals surface area contributed by atoms with Gasteiger partial charge in [-0.3, -0.25) is 0 Å². The zero-order chi connectivity index (χ0) is 13.9. The van der Waals surface area contributed by atoms with Gasteiger partial charge in [0.05, 0.1) is 11.1 Å². The van der Waals surface area contributed by atoms with Gasteiger partial charge in [-0.1, -0.05) is 30.3 Å². The molecule has 0 fully saturated rings. The van der Waals surface area contributed by atoms with Crippen LogP contribution in [0.5, 0.6) is 0 Å². The summed E-state index contributed by atoms with van der Waals surface area (Å²) in [6.07, 6.45) is 2.01. The summed E-state index contributed by atoms with van der Waals surface area (Å²) in [7, 11) is 1.98. The number of benzene rings is 2. The van der Waals surface area contributed by atoms with Crippen LogP contribution in [0.15, 0.2) is 59.6 Å². The lowest BCUT2D eigenvalue weighted by molar-refractivity contribution is 0.967. The lowest BCUT2D eigenvalue weighted by Gasteiger charge is -2.06. The van der Waals surface area contributed by atoms with Crippen molar-refractivity contribution in [2.24, 2.45) is 7.05 Å². The lowest BCUT2D eigenvalue weighted by atomic mass is 10.1. The Morgan fingerprint density at radius 2 is 1.90 bits per heavy atom. The highest BCUT2D eigenvalue weighted by Crippen LogP contribution is 2.32. The maximum atomic E-state index is 9.21. The Morgan fingerprint density at radius 1 is 1.10 bits per heavy atom. The van der Waals surface area contributed by atoms with E-state index >= 15 is 0 Å². The molecule has 0 atom stereocenters. The quantitative estimate of drug-likeness (QED) is 0.667. The topological polar surface area (TPSA) is 28.7 Å². The molecule has 0 aliphatic rings. The maximum absolute atomic E-state index is 9.21. The van der Waals surface area contributed by atoms with Gasteiger partial charge in [0.2, 0.25) is 0 Å². The van der Waals surface area contributed by atoms with Crippen molar-refractivity contribution in [3.05, 3.63) is 65.9 Å². The van der Waals surface area contributed by atoms with E-state index in [-0.39, 0.29) is 0 Å². The molecule has 0 spiro atoms. The number of nitriles is 1. The zero-order valence-corrected chi connectivity index (χ0v) is 12.0. The third kappa shape index (κ3) is 2.31. The highest BCUT2D eigenvalue weighted by atomic mass is 32.2. The van der Waals surface area contributed by atoms with Crippen molar-refractivity contribution in [1.82, 2.24) is 4.57 Å². The van der Waals surface area contributed by atoms with E-state index in [0.29, 0.717) is 0 Å². The number of thioether (sulfide) groups is 1. The average Bonchev–Trinajstić information content (AvgIpc) is 2.89. The first-order chi connectivity index (χ1) is 9.79. The van der Waals surface area contributed by atoms with Crippen LogP contribution in [-0.2, 0) is 12.8 Å². The van der Waals surface area contributed by atoms with Crippen LogP contribution in [0.3, 0.4) is 0 Å². The fourth-order valence-electron chi connectivity index (χ4n) is 2.34. The van der Waals surface area contributed by atoms with Crippen molar-refractivity contribution < 1.29 is 0 Å². The second-order valence-corrected chi connectivity index (χ2v) is 5.70. The van der Waals surface area contributed by atoms with E-state index < -0.39 is 0 Å². The van der Waals surface area contributed by atoms with Crippen molar-refractivity contribution in [2.75, 3.05) is 0 Å². The van der Waals surface area contributed by atoms with Gasteiger partial charge in [-0.15, -0.1) is 11.8 Å². The van der Waals surface area contributed by atoms with Crippen LogP contribution in [0.25, 0.3) is 10.9 Å². The standard InChI is InChI=1S/C17H14N2S/c1-19-10-9-15-16(8-7-14(11-18)17(15)19)20-12-13-5-3-2-4-6-13/h2-10H,12H2,1H3. The number of nitrogens with zero attached hydrogens (tertiary/aromatic N) is 2. The number of fused-ring (bicyclic) bond motifs is 1. The van der Waals surface area contributed by atoms with E-state index in [0.717, 1.165) is 22.2 Å². The fourth-order valence-corrected chi connectivity index (χ4v) is 3.34. The molecule has 2 aromatic carbocycles. The fraction of sp³-hybridized carbons (Fsp3) is 0.118. The smallest absolute Gasteiger partial charge is 0.101 e. The molecule has 0 amide bonds. The molecule has 1 aromatic heterocycles. The third-order valence-corrected chi connectivity index (χ3v) is 4.50. The molecule has 3 rings (SSSR count). The average molecular weight is 278 g/mol. The predicted octanol–water partition coefficient (Wildman–Crippen LogP) is 4.34. The van der Waals surface area contributed by atoms with Crippen LogP contribution in [0.4, 0.5) is 0 Å². The molecule has 2 nitrogen and oxygen atoms in total. The summed E-state index contributed by atoms with van der Waals surface area (Å²) in [5.41, 5.74) is 3.06. The molecule has 0 aliphatic heterocycles. The Labute approximate surface area is 122 Å². The molecular formula is C17H14N2S. The van der Waals surface area contributed by atoms with Crippen LogP contribution in [-0.4, -0.2) is 4.57 Å². The number of hydrogen-bond acceptors (Lipinski definition) is 2. The molecule has 3 aromatic rings. The third-order valence-electron chi connectivity index (χ3n) is 3.35. The van der Waals surface area contributed by atoms with Crippen LogP contribution < -0.4 is 0 Å². The summed E-state index contributed by atoms with van der Waals surface area (Å²) >= 11 is 1.81. The Morgan fingerprint density at radius 3 is 2.65 bits per heavy atom. The van der Waals surface area contributed by atoms with Gasteiger partial charge >= 0.3 is 0 Å². The van der Waals surface area contributed by atoms with Crippen LogP contribution in [0.1, 0.15) is 11.1 Å². The second kappa shape index (κ2) is 5.44. The first kappa shape index (κ1) is 12.8. The van der Waals surface area contributed by atoms with Crippen molar-refractivity contribution >= 4 is 22.7 Å². The van der Waals surface area contributed by atoms with Gasteiger partial charge in [0.25, 0.3) is 0 Å². The van der Waals surface area contributed by atoms with Gasteiger partial charge in [0.15, 0.2) is 0 Å². The normalized spacial score (nSPS) is 10.6. The monoisotopic (exact) mass is 278 g/mol. The van der Waals surface area contributed by atoms with E-state index in [9.17, 15) is 5.26 Å². The maximum Gasteiger partial charge on any atom is 0.101 e. The van der Waals surface area contributed by atoms with Gasteiger partial charge in [0, 0.05) is 29.3 Å². The highest BCUT2D eigenvalue weighted by molar-refractivity contribution is 7.98. The molecule has 0 bridgehead atoms. The molecule has 0 saturated heterocycles. The first-order valence-electron chi connectivity index (χ1n) is 6.44. The molecule has 1 heterocycles. The summed E-state index contributed by atoms with van der Waals surface area (Å²) in [5.74, 6) is 0.941. The van der Waals surface area contributed by atoms with Gasteiger partial charge in [-0.25, -0.2) is 0 Å². The number of aromatic nitrogens is 1. The summed E-state index contributed by atoms with van der Waals surface area (Å²) in [4.78, 5) is 1.23. The molecule has 0 aliphatic carbocycles. The Hall–Kier alpha value is -2.18. The molecule has 0 N–H and O–H groups in total. The number of hydrogen-bond donors (Lipinski definition) is 0. The summed E-state index contributed by atoms with van der Waals surface area (Å²) in [6, 6.07) is 18.8. The van der Waals surface area contributed by atoms with Crippen LogP contribution in [0, 0.1) is 11.3 Å². The zero-order valence-electron chi connectivity index (χ0n) is 11.2. The predicted molar refractivity (Wildman–Crippen MR) is 83.6 cm³/mol. The molecule has 0 radical (unpaired) electrons. The van der Waals surface area contributed by atoms with Crippen molar-refractivity contribution in [2.45, 2.75) is 10.6 Å². The van der Waals surface area contributed by atoms with E-state index in [1.54, 1.807) is 0 Å². The summed E-state index contributed by atoms with van der Waals surface area (Å²) < 4.78 is 2.01. The van der Waals surface area contributed by atoms with E-state index in [2.05, 4.69) is 42.5 Å². The van der Waals surface area contributed by atoms with Gasteiger partial charge in [-0.05, 0) is 23.8 Å². The molecule has 0 unspecified atom stereocenters. The second-order valence-electron chi connectivity index (χ2n) is 4.69. The Balaban J connectivity index is 1.95. The van der Waals surface area contributed by atoms with Crippen LogP contribution in [0.2, 0.25) is 0 Å². The lowest BCUT2D eigenvalue weighted by Crippen LogP contribution is -1.89. The van der Waals surface area contributed by atoms with Crippen molar-refractivity contribution in [3.63, 3.8) is 0 Å². The Bertz CT molecular complexity index is 782. The van der Waals surface area contributed by atoms with E-state index in [4.69, 9.17) is 0 Å². The molecular weight excluding hydrogens is 264 g/mol. The SMILES string of the molecule is Cn1ccc2c(SCc3ccccc3)ccc(C#N)c21. The minimum absolute atomic E-state index is 0.733. The van der Waals surface area contributed by atoms with E-state index in [1.807, 2.05) is 41.7 Å². The van der Waals surface area contributed by atoms with Crippen LogP contribution >= 0.6 is 11.8 Å². The molecule has 3 heteroatoms. The highest BCUT2D eigenvalue weighted by Gasteiger charge is 2.09. The Kier molecular flexibility index (Phi) is 3.49. The van der Waals surface area contributed by atoms with Crippen molar-refractivity contribution in [1.29, 1.82) is 5.26 Å². The van der Waals surface area contributed by atoms with Gasteiger partial charge in [-0.2, -0.15) is 5.26 Å². The van der Waals surface area contributed by atoms with Gasteiger partial charge < -0.3 is 4.57 Å². The largest absolute Gasteiger partial charge is 0.349 e. The minimum atomic E-state index is 0.733.